The summed E-state index contributed by atoms with van der Waals surface area (Å²) >= 11 is 1.53. The molecule has 0 aliphatic heterocycles. The minimum absolute atomic E-state index is 0.144. The Morgan fingerprint density at radius 3 is 2.25 bits per heavy atom. The molecule has 3 heteroatoms. The van der Waals surface area contributed by atoms with Gasteiger partial charge in [-0.1, -0.05) is 43.3 Å². The van der Waals surface area contributed by atoms with Crippen LogP contribution in [0.5, 0.6) is 0 Å². The predicted octanol–water partition coefficient (Wildman–Crippen LogP) is 6.52. The first-order valence-electron chi connectivity index (χ1n) is 8.11. The SMILES string of the molecule is CCc1ccc(N(C)c2cccc3c2sc2c(F)cccc23)cc1. The lowest BCUT2D eigenvalue weighted by Gasteiger charge is -2.20. The molecule has 120 valence electrons. The molecule has 4 rings (SSSR count). The maximum Gasteiger partial charge on any atom is 0.141 e. The summed E-state index contributed by atoms with van der Waals surface area (Å²) < 4.78 is 16.0. The van der Waals surface area contributed by atoms with Crippen LogP contribution in [0.4, 0.5) is 15.8 Å². The van der Waals surface area contributed by atoms with Crippen LogP contribution in [0, 0.1) is 5.82 Å². The fourth-order valence-electron chi connectivity index (χ4n) is 3.13. The Morgan fingerprint density at radius 2 is 1.54 bits per heavy atom. The zero-order valence-electron chi connectivity index (χ0n) is 13.7. The van der Waals surface area contributed by atoms with E-state index in [1.807, 2.05) is 12.1 Å². The van der Waals surface area contributed by atoms with Crippen LogP contribution >= 0.6 is 11.3 Å². The van der Waals surface area contributed by atoms with E-state index in [9.17, 15) is 4.39 Å². The summed E-state index contributed by atoms with van der Waals surface area (Å²) in [6, 6.07) is 20.1. The molecule has 24 heavy (non-hydrogen) atoms. The van der Waals surface area contributed by atoms with Crippen LogP contribution in [-0.4, -0.2) is 7.05 Å². The van der Waals surface area contributed by atoms with Crippen molar-refractivity contribution in [2.75, 3.05) is 11.9 Å². The molecule has 1 heterocycles. The van der Waals surface area contributed by atoms with Crippen LogP contribution < -0.4 is 4.90 Å². The van der Waals surface area contributed by atoms with Crippen LogP contribution in [0.2, 0.25) is 0 Å². The highest BCUT2D eigenvalue weighted by atomic mass is 32.1. The van der Waals surface area contributed by atoms with Gasteiger partial charge in [0.1, 0.15) is 5.82 Å². The van der Waals surface area contributed by atoms with Gasteiger partial charge in [-0.05, 0) is 36.2 Å². The quantitative estimate of drug-likeness (QED) is 0.412. The van der Waals surface area contributed by atoms with E-state index >= 15 is 0 Å². The number of halogens is 1. The minimum atomic E-state index is -0.144. The zero-order valence-corrected chi connectivity index (χ0v) is 14.5. The average Bonchev–Trinajstić information content (AvgIpc) is 3.01. The second-order valence-corrected chi connectivity index (χ2v) is 6.97. The standard InChI is InChI=1S/C21H18FNS/c1-3-14-10-12-15(13-11-14)23(2)19-9-5-7-17-16-6-4-8-18(22)20(16)24-21(17)19/h4-13H,3H2,1-2H3. The maximum atomic E-state index is 14.2. The Hall–Kier alpha value is -2.39. The Morgan fingerprint density at radius 1 is 0.875 bits per heavy atom. The van der Waals surface area contributed by atoms with Gasteiger partial charge in [0, 0.05) is 23.5 Å². The van der Waals surface area contributed by atoms with E-state index in [1.54, 1.807) is 6.07 Å². The van der Waals surface area contributed by atoms with Gasteiger partial charge in [-0.2, -0.15) is 0 Å². The number of thiophene rings is 1. The molecule has 0 radical (unpaired) electrons. The van der Waals surface area contributed by atoms with Crippen molar-refractivity contribution in [3.63, 3.8) is 0 Å². The van der Waals surface area contributed by atoms with Gasteiger partial charge in [-0.3, -0.25) is 0 Å². The van der Waals surface area contributed by atoms with Crippen LogP contribution in [0.15, 0.2) is 60.7 Å². The van der Waals surface area contributed by atoms with E-state index in [0.29, 0.717) is 0 Å². The Labute approximate surface area is 145 Å². The van der Waals surface area contributed by atoms with Crippen LogP contribution in [0.3, 0.4) is 0 Å². The number of aryl methyl sites for hydroxylation is 1. The van der Waals surface area contributed by atoms with E-state index < -0.39 is 0 Å². The molecule has 0 saturated carbocycles. The van der Waals surface area contributed by atoms with Gasteiger partial charge in [0.05, 0.1) is 15.1 Å². The van der Waals surface area contributed by atoms with Gasteiger partial charge in [-0.15, -0.1) is 11.3 Å². The Bertz CT molecular complexity index is 1020. The molecule has 0 N–H and O–H groups in total. The molecule has 0 aliphatic carbocycles. The lowest BCUT2D eigenvalue weighted by Crippen LogP contribution is -2.09. The average molecular weight is 335 g/mol. The van der Waals surface area contributed by atoms with E-state index in [2.05, 4.69) is 55.3 Å². The van der Waals surface area contributed by atoms with E-state index in [0.717, 1.165) is 38.0 Å². The number of anilines is 2. The first-order valence-corrected chi connectivity index (χ1v) is 8.93. The Balaban J connectivity index is 1.89. The molecule has 4 aromatic rings. The molecule has 0 unspecified atom stereocenters. The Kier molecular flexibility index (Phi) is 3.73. The molecule has 0 saturated heterocycles. The summed E-state index contributed by atoms with van der Waals surface area (Å²) in [4.78, 5) is 2.18. The van der Waals surface area contributed by atoms with Crippen LogP contribution in [0.25, 0.3) is 20.2 Å². The topological polar surface area (TPSA) is 3.24 Å². The third-order valence-corrected chi connectivity index (χ3v) is 5.80. The highest BCUT2D eigenvalue weighted by Crippen LogP contribution is 2.41. The first kappa shape index (κ1) is 15.2. The van der Waals surface area contributed by atoms with Gasteiger partial charge < -0.3 is 4.90 Å². The molecule has 0 aliphatic rings. The van der Waals surface area contributed by atoms with Crippen molar-refractivity contribution in [1.29, 1.82) is 0 Å². The lowest BCUT2D eigenvalue weighted by molar-refractivity contribution is 0.642. The first-order chi connectivity index (χ1) is 11.7. The number of rotatable bonds is 3. The lowest BCUT2D eigenvalue weighted by atomic mass is 10.1. The largest absolute Gasteiger partial charge is 0.343 e. The maximum absolute atomic E-state index is 14.2. The van der Waals surface area contributed by atoms with Gasteiger partial charge in [0.25, 0.3) is 0 Å². The van der Waals surface area contributed by atoms with Gasteiger partial charge >= 0.3 is 0 Å². The number of fused-ring (bicyclic) bond motifs is 3. The number of hydrogen-bond donors (Lipinski definition) is 0. The normalized spacial score (nSPS) is 11.3. The molecule has 3 aromatic carbocycles. The highest BCUT2D eigenvalue weighted by molar-refractivity contribution is 7.26. The fourth-order valence-corrected chi connectivity index (χ4v) is 4.38. The number of benzene rings is 3. The highest BCUT2D eigenvalue weighted by Gasteiger charge is 2.14. The summed E-state index contributed by atoms with van der Waals surface area (Å²) in [6.07, 6.45) is 1.04. The van der Waals surface area contributed by atoms with Crippen molar-refractivity contribution in [2.24, 2.45) is 0 Å². The van der Waals surface area contributed by atoms with Crippen molar-refractivity contribution in [3.8, 4) is 0 Å². The minimum Gasteiger partial charge on any atom is -0.343 e. The predicted molar refractivity (Wildman–Crippen MR) is 103 cm³/mol. The van der Waals surface area contributed by atoms with Gasteiger partial charge in [0.2, 0.25) is 0 Å². The summed E-state index contributed by atoms with van der Waals surface area (Å²) in [5, 5.41) is 2.11. The van der Waals surface area contributed by atoms with Gasteiger partial charge in [-0.25, -0.2) is 4.39 Å². The molecule has 0 fully saturated rings. The molecule has 0 bridgehead atoms. The molecular weight excluding hydrogens is 317 g/mol. The molecule has 1 nitrogen and oxygen atoms in total. The molecule has 0 spiro atoms. The summed E-state index contributed by atoms with van der Waals surface area (Å²) in [5.74, 6) is -0.144. The number of nitrogens with zero attached hydrogens (tertiary/aromatic N) is 1. The summed E-state index contributed by atoms with van der Waals surface area (Å²) in [5.41, 5.74) is 3.57. The summed E-state index contributed by atoms with van der Waals surface area (Å²) in [7, 11) is 2.07. The summed E-state index contributed by atoms with van der Waals surface area (Å²) in [6.45, 7) is 2.16. The second kappa shape index (κ2) is 5.91. The molecule has 0 amide bonds. The van der Waals surface area contributed by atoms with E-state index in [-0.39, 0.29) is 5.82 Å². The van der Waals surface area contributed by atoms with Crippen molar-refractivity contribution < 1.29 is 4.39 Å². The third-order valence-electron chi connectivity index (χ3n) is 4.55. The van der Waals surface area contributed by atoms with Crippen LogP contribution in [-0.2, 0) is 6.42 Å². The number of hydrogen-bond acceptors (Lipinski definition) is 2. The molecular formula is C21H18FNS. The van der Waals surface area contributed by atoms with E-state index in [1.165, 1.54) is 23.0 Å². The monoisotopic (exact) mass is 335 g/mol. The van der Waals surface area contributed by atoms with Crippen molar-refractivity contribution in [1.82, 2.24) is 0 Å². The van der Waals surface area contributed by atoms with Crippen LogP contribution in [0.1, 0.15) is 12.5 Å². The fraction of sp³-hybridized carbons (Fsp3) is 0.143. The van der Waals surface area contributed by atoms with Crippen molar-refractivity contribution >= 4 is 42.9 Å². The zero-order chi connectivity index (χ0) is 16.7. The smallest absolute Gasteiger partial charge is 0.141 e. The molecule has 1 aromatic heterocycles. The molecule has 0 atom stereocenters. The van der Waals surface area contributed by atoms with Gasteiger partial charge in [0.15, 0.2) is 0 Å². The van der Waals surface area contributed by atoms with Crippen molar-refractivity contribution in [2.45, 2.75) is 13.3 Å². The second-order valence-electron chi connectivity index (χ2n) is 5.95. The van der Waals surface area contributed by atoms with E-state index in [4.69, 9.17) is 0 Å². The van der Waals surface area contributed by atoms with Crippen molar-refractivity contribution in [3.05, 3.63) is 72.0 Å². The third kappa shape index (κ3) is 2.36.